The highest BCUT2D eigenvalue weighted by atomic mass is 32.1. The number of nitrogens with zero attached hydrogens (tertiary/aromatic N) is 4. The highest BCUT2D eigenvalue weighted by Gasteiger charge is 2.36. The highest BCUT2D eigenvalue weighted by molar-refractivity contribution is 7.09. The van der Waals surface area contributed by atoms with Crippen LogP contribution in [0.5, 0.6) is 0 Å². The van der Waals surface area contributed by atoms with Gasteiger partial charge in [-0.2, -0.15) is 23.5 Å². The Hall–Kier alpha value is -4.08. The summed E-state index contributed by atoms with van der Waals surface area (Å²) >= 11 is 1.43. The van der Waals surface area contributed by atoms with Gasteiger partial charge in [0, 0.05) is 17.6 Å². The Labute approximate surface area is 218 Å². The maximum absolute atomic E-state index is 14.8. The molecule has 5 rings (SSSR count). The minimum atomic E-state index is -4.83. The molecule has 4 aromatic rings. The van der Waals surface area contributed by atoms with Crippen molar-refractivity contribution < 1.29 is 22.4 Å². The Bertz CT molecular complexity index is 1500. The van der Waals surface area contributed by atoms with Crippen LogP contribution in [0.4, 0.5) is 23.2 Å². The molecule has 7 nitrogen and oxygen atoms in total. The second-order valence-electron chi connectivity index (χ2n) is 8.83. The van der Waals surface area contributed by atoms with Crippen molar-refractivity contribution in [3.05, 3.63) is 93.4 Å². The number of nitrogens with one attached hydrogen (secondary N) is 2. The molecule has 0 aliphatic heterocycles. The van der Waals surface area contributed by atoms with Crippen molar-refractivity contribution >= 4 is 22.9 Å². The molecule has 1 amide bonds. The van der Waals surface area contributed by atoms with Gasteiger partial charge in [-0.05, 0) is 61.2 Å². The number of hydrogen-bond acceptors (Lipinski definition) is 6. The zero-order valence-corrected chi connectivity index (χ0v) is 20.5. The molecule has 1 aliphatic carbocycles. The van der Waals surface area contributed by atoms with Gasteiger partial charge >= 0.3 is 6.18 Å². The van der Waals surface area contributed by atoms with E-state index < -0.39 is 29.3 Å². The van der Waals surface area contributed by atoms with E-state index >= 15 is 0 Å². The maximum Gasteiger partial charge on any atom is 0.435 e. The van der Waals surface area contributed by atoms with Crippen LogP contribution in [0, 0.1) is 23.1 Å². The summed E-state index contributed by atoms with van der Waals surface area (Å²) in [6.45, 7) is 0.754. The lowest BCUT2D eigenvalue weighted by Gasteiger charge is -2.18. The standard InChI is InChI=1S/C26H20F4N6OS/c27-19-7-6-17(23(25-32-8-9-38-25)33-14-15-4-5-15)11-20(19)34-24(37)21-12-22(26(28,29)30)35-36(21)18-3-1-2-16(10-18)13-31/h1-3,6-12,15,23,33H,4-5,14H2,(H,34,37). The SMILES string of the molecule is N#Cc1cccc(-n2nc(C(F)(F)F)cc2C(=O)Nc2cc(C(NCC3CC3)c3nccs3)ccc2F)c1. The monoisotopic (exact) mass is 540 g/mol. The van der Waals surface area contributed by atoms with Crippen LogP contribution in [0.15, 0.2) is 60.1 Å². The van der Waals surface area contributed by atoms with Gasteiger partial charge in [-0.1, -0.05) is 12.1 Å². The van der Waals surface area contributed by atoms with E-state index in [1.807, 2.05) is 11.4 Å². The number of nitriles is 1. The van der Waals surface area contributed by atoms with Crippen LogP contribution in [0.1, 0.15) is 51.2 Å². The molecule has 1 aliphatic rings. The first-order valence-corrected chi connectivity index (χ1v) is 12.5. The summed E-state index contributed by atoms with van der Waals surface area (Å²) in [5, 5.41) is 21.1. The van der Waals surface area contributed by atoms with Crippen molar-refractivity contribution in [1.29, 1.82) is 5.26 Å². The van der Waals surface area contributed by atoms with Gasteiger partial charge in [-0.15, -0.1) is 11.3 Å². The predicted molar refractivity (Wildman–Crippen MR) is 132 cm³/mol. The van der Waals surface area contributed by atoms with Gasteiger partial charge in [0.2, 0.25) is 0 Å². The predicted octanol–water partition coefficient (Wildman–Crippen LogP) is 5.70. The lowest BCUT2D eigenvalue weighted by atomic mass is 10.1. The summed E-state index contributed by atoms with van der Waals surface area (Å²) in [7, 11) is 0. The average Bonchev–Trinajstić information content (AvgIpc) is 3.36. The minimum absolute atomic E-state index is 0.0760. The van der Waals surface area contributed by atoms with Crippen LogP contribution in [-0.4, -0.2) is 27.2 Å². The van der Waals surface area contributed by atoms with Crippen molar-refractivity contribution in [2.45, 2.75) is 25.1 Å². The van der Waals surface area contributed by atoms with E-state index in [2.05, 4.69) is 20.7 Å². The second-order valence-corrected chi connectivity index (χ2v) is 9.76. The van der Waals surface area contributed by atoms with Crippen molar-refractivity contribution in [3.63, 3.8) is 0 Å². The van der Waals surface area contributed by atoms with Crippen LogP contribution in [0.3, 0.4) is 0 Å². The molecule has 0 bridgehead atoms. The molecule has 12 heteroatoms. The Morgan fingerprint density at radius 1 is 1.21 bits per heavy atom. The van der Waals surface area contributed by atoms with Gasteiger partial charge in [0.25, 0.3) is 5.91 Å². The lowest BCUT2D eigenvalue weighted by Crippen LogP contribution is -2.25. The highest BCUT2D eigenvalue weighted by Crippen LogP contribution is 2.33. The van der Waals surface area contributed by atoms with Crippen LogP contribution < -0.4 is 10.6 Å². The Morgan fingerprint density at radius 3 is 2.71 bits per heavy atom. The first kappa shape index (κ1) is 25.6. The number of anilines is 1. The molecule has 2 aromatic carbocycles. The van der Waals surface area contributed by atoms with Gasteiger partial charge in [-0.3, -0.25) is 4.79 Å². The third kappa shape index (κ3) is 5.58. The van der Waals surface area contributed by atoms with Crippen LogP contribution in [0.25, 0.3) is 5.69 Å². The van der Waals surface area contributed by atoms with E-state index in [4.69, 9.17) is 5.26 Å². The number of hydrogen-bond donors (Lipinski definition) is 2. The van der Waals surface area contributed by atoms with Crippen LogP contribution >= 0.6 is 11.3 Å². The van der Waals surface area contributed by atoms with E-state index in [1.54, 1.807) is 12.3 Å². The quantitative estimate of drug-likeness (QED) is 0.280. The molecule has 1 unspecified atom stereocenters. The van der Waals surface area contributed by atoms with Crippen molar-refractivity contribution in [1.82, 2.24) is 20.1 Å². The molecule has 2 N–H and O–H groups in total. The molecule has 2 aromatic heterocycles. The van der Waals surface area contributed by atoms with E-state index in [0.29, 0.717) is 17.5 Å². The number of carbonyl (C=O) groups excluding carboxylic acids is 1. The number of halogens is 4. The molecule has 1 atom stereocenters. The fourth-order valence-electron chi connectivity index (χ4n) is 3.92. The maximum atomic E-state index is 14.8. The summed E-state index contributed by atoms with van der Waals surface area (Å²) in [5.41, 5.74) is -1.08. The molecular weight excluding hydrogens is 520 g/mol. The fourth-order valence-corrected chi connectivity index (χ4v) is 4.66. The summed E-state index contributed by atoms with van der Waals surface area (Å²) in [5.74, 6) is -1.18. The molecule has 1 fully saturated rings. The van der Waals surface area contributed by atoms with Crippen molar-refractivity contribution in [2.75, 3.05) is 11.9 Å². The van der Waals surface area contributed by atoms with Gasteiger partial charge < -0.3 is 10.6 Å². The molecule has 0 saturated heterocycles. The summed E-state index contributed by atoms with van der Waals surface area (Å²) in [6, 6.07) is 12.0. The normalized spacial score (nSPS) is 14.2. The zero-order valence-electron chi connectivity index (χ0n) is 19.7. The fraction of sp³-hybridized carbons (Fsp3) is 0.231. The van der Waals surface area contributed by atoms with Crippen molar-refractivity contribution in [2.24, 2.45) is 5.92 Å². The second kappa shape index (κ2) is 10.4. The topological polar surface area (TPSA) is 95.6 Å². The molecule has 194 valence electrons. The van der Waals surface area contributed by atoms with Crippen molar-refractivity contribution in [3.8, 4) is 11.8 Å². The number of carbonyl (C=O) groups is 1. The molecular formula is C26H20F4N6OS. The summed E-state index contributed by atoms with van der Waals surface area (Å²) in [6.07, 6.45) is -0.897. The molecule has 0 spiro atoms. The van der Waals surface area contributed by atoms with Gasteiger partial charge in [0.15, 0.2) is 5.69 Å². The van der Waals surface area contributed by atoms with Gasteiger partial charge in [0.1, 0.15) is 16.5 Å². The number of rotatable bonds is 8. The first-order valence-electron chi connectivity index (χ1n) is 11.6. The Morgan fingerprint density at radius 2 is 2.03 bits per heavy atom. The number of thiazole rings is 1. The van der Waals surface area contributed by atoms with E-state index in [-0.39, 0.29) is 23.0 Å². The minimum Gasteiger partial charge on any atom is -0.318 e. The van der Waals surface area contributed by atoms with Crippen LogP contribution in [-0.2, 0) is 6.18 Å². The third-order valence-electron chi connectivity index (χ3n) is 6.03. The zero-order chi connectivity index (χ0) is 26.9. The van der Waals surface area contributed by atoms with Gasteiger partial charge in [0.05, 0.1) is 29.0 Å². The molecule has 2 heterocycles. The molecule has 38 heavy (non-hydrogen) atoms. The third-order valence-corrected chi connectivity index (χ3v) is 6.87. The number of amides is 1. The largest absolute Gasteiger partial charge is 0.435 e. The Kier molecular flexibility index (Phi) is 6.96. The summed E-state index contributed by atoms with van der Waals surface area (Å²) in [4.78, 5) is 17.6. The lowest BCUT2D eigenvalue weighted by molar-refractivity contribution is -0.141. The van der Waals surface area contributed by atoms with E-state index in [9.17, 15) is 22.4 Å². The number of alkyl halides is 3. The van der Waals surface area contributed by atoms with Gasteiger partial charge in [-0.25, -0.2) is 14.1 Å². The number of benzene rings is 2. The van der Waals surface area contributed by atoms with E-state index in [1.165, 1.54) is 47.7 Å². The molecule has 1 saturated carbocycles. The Balaban J connectivity index is 1.48. The van der Waals surface area contributed by atoms with E-state index in [0.717, 1.165) is 29.1 Å². The van der Waals surface area contributed by atoms with Crippen LogP contribution in [0.2, 0.25) is 0 Å². The smallest absolute Gasteiger partial charge is 0.318 e. The first-order chi connectivity index (χ1) is 18.2. The molecule has 0 radical (unpaired) electrons. The average molecular weight is 541 g/mol. The number of aromatic nitrogens is 3. The summed E-state index contributed by atoms with van der Waals surface area (Å²) < 4.78 is 56.0.